The maximum atomic E-state index is 12.8. The molecule has 0 aliphatic carbocycles. The van der Waals surface area contributed by atoms with Gasteiger partial charge < -0.3 is 10.6 Å². The van der Waals surface area contributed by atoms with Gasteiger partial charge in [0, 0.05) is 18.5 Å². The summed E-state index contributed by atoms with van der Waals surface area (Å²) in [6.45, 7) is 5.28. The van der Waals surface area contributed by atoms with Gasteiger partial charge in [0.1, 0.15) is 0 Å². The Balaban J connectivity index is 1.83. The Kier molecular flexibility index (Phi) is 6.27. The van der Waals surface area contributed by atoms with Crippen LogP contribution in [-0.2, 0) is 11.0 Å². The molecule has 1 fully saturated rings. The molecule has 1 heterocycles. The van der Waals surface area contributed by atoms with Gasteiger partial charge in [0.05, 0.1) is 5.56 Å². The molecule has 2 N–H and O–H groups in total. The average Bonchev–Trinajstić information content (AvgIpc) is 2.54. The summed E-state index contributed by atoms with van der Waals surface area (Å²) in [5, 5.41) is 6.24. The standard InChI is InChI=1S/C18H25F3N2O/c1-12(14-4-3-5-16(11-14)18(19,20)21)6-8-23-17(24)15-7-9-22-13(2)10-15/h3-5,11-13,15,22H,6-10H2,1-2H3,(H,23,24)/t12?,13-,15-/m0/s1. The summed E-state index contributed by atoms with van der Waals surface area (Å²) in [5.74, 6) is 0.0456. The first-order valence-corrected chi connectivity index (χ1v) is 8.45. The fourth-order valence-electron chi connectivity index (χ4n) is 3.11. The molecule has 1 saturated heterocycles. The van der Waals surface area contributed by atoms with Gasteiger partial charge in [-0.15, -0.1) is 0 Å². The van der Waals surface area contributed by atoms with E-state index in [1.165, 1.54) is 12.1 Å². The molecule has 134 valence electrons. The summed E-state index contributed by atoms with van der Waals surface area (Å²) >= 11 is 0. The van der Waals surface area contributed by atoms with E-state index in [4.69, 9.17) is 0 Å². The molecule has 1 aromatic carbocycles. The lowest BCUT2D eigenvalue weighted by Gasteiger charge is -2.27. The topological polar surface area (TPSA) is 41.1 Å². The normalized spacial score (nSPS) is 22.9. The summed E-state index contributed by atoms with van der Waals surface area (Å²) in [6.07, 6.45) is -2.04. The molecule has 1 aliphatic heterocycles. The molecule has 1 amide bonds. The summed E-state index contributed by atoms with van der Waals surface area (Å²) < 4.78 is 38.3. The zero-order valence-corrected chi connectivity index (χ0v) is 14.1. The number of nitrogens with one attached hydrogen (secondary N) is 2. The number of rotatable bonds is 5. The second-order valence-electron chi connectivity index (χ2n) is 6.68. The fraction of sp³-hybridized carbons (Fsp3) is 0.611. The van der Waals surface area contributed by atoms with Crippen LogP contribution < -0.4 is 10.6 Å². The number of benzene rings is 1. The number of carbonyl (C=O) groups excluding carboxylic acids is 1. The Morgan fingerprint density at radius 3 is 2.83 bits per heavy atom. The van der Waals surface area contributed by atoms with Gasteiger partial charge in [-0.2, -0.15) is 13.2 Å². The quantitative estimate of drug-likeness (QED) is 0.857. The van der Waals surface area contributed by atoms with E-state index < -0.39 is 11.7 Å². The third kappa shape index (κ3) is 5.23. The van der Waals surface area contributed by atoms with Crippen LogP contribution in [-0.4, -0.2) is 25.0 Å². The van der Waals surface area contributed by atoms with Gasteiger partial charge in [0.15, 0.2) is 0 Å². The van der Waals surface area contributed by atoms with Crippen LogP contribution in [0.4, 0.5) is 13.2 Å². The van der Waals surface area contributed by atoms with E-state index in [2.05, 4.69) is 17.6 Å². The number of hydrogen-bond acceptors (Lipinski definition) is 2. The highest BCUT2D eigenvalue weighted by molar-refractivity contribution is 5.78. The highest BCUT2D eigenvalue weighted by Gasteiger charge is 2.30. The third-order valence-electron chi connectivity index (χ3n) is 4.65. The molecule has 3 nitrogen and oxygen atoms in total. The molecular weight excluding hydrogens is 317 g/mol. The van der Waals surface area contributed by atoms with Crippen LogP contribution in [0.25, 0.3) is 0 Å². The lowest BCUT2D eigenvalue weighted by atomic mass is 9.92. The first kappa shape index (κ1) is 18.8. The molecule has 0 saturated carbocycles. The van der Waals surface area contributed by atoms with Crippen molar-refractivity contribution in [3.63, 3.8) is 0 Å². The van der Waals surface area contributed by atoms with E-state index in [-0.39, 0.29) is 17.7 Å². The van der Waals surface area contributed by atoms with Gasteiger partial charge in [0.25, 0.3) is 0 Å². The molecule has 0 bridgehead atoms. The molecule has 0 spiro atoms. The van der Waals surface area contributed by atoms with Crippen molar-refractivity contribution in [2.45, 2.75) is 51.2 Å². The van der Waals surface area contributed by atoms with Crippen LogP contribution in [0.2, 0.25) is 0 Å². The number of halogens is 3. The second kappa shape index (κ2) is 8.01. The molecule has 1 unspecified atom stereocenters. The predicted octanol–water partition coefficient (Wildman–Crippen LogP) is 3.70. The second-order valence-corrected chi connectivity index (χ2v) is 6.68. The predicted molar refractivity (Wildman–Crippen MR) is 87.7 cm³/mol. The van der Waals surface area contributed by atoms with Crippen molar-refractivity contribution in [1.82, 2.24) is 10.6 Å². The van der Waals surface area contributed by atoms with Crippen LogP contribution in [0.15, 0.2) is 24.3 Å². The number of piperidine rings is 1. The van der Waals surface area contributed by atoms with Crippen LogP contribution in [0.3, 0.4) is 0 Å². The van der Waals surface area contributed by atoms with E-state index in [0.717, 1.165) is 25.5 Å². The van der Waals surface area contributed by atoms with Gasteiger partial charge in [-0.25, -0.2) is 0 Å². The first-order valence-electron chi connectivity index (χ1n) is 8.45. The van der Waals surface area contributed by atoms with Crippen molar-refractivity contribution in [2.75, 3.05) is 13.1 Å². The van der Waals surface area contributed by atoms with Crippen LogP contribution >= 0.6 is 0 Å². The SMILES string of the molecule is CC(CCNC(=O)[C@H]1CCN[C@@H](C)C1)c1cccc(C(F)(F)F)c1. The fourth-order valence-corrected chi connectivity index (χ4v) is 3.11. The Labute approximate surface area is 141 Å². The van der Waals surface area contributed by atoms with Gasteiger partial charge in [0.2, 0.25) is 5.91 Å². The molecule has 1 aromatic rings. The van der Waals surface area contributed by atoms with Crippen molar-refractivity contribution in [2.24, 2.45) is 5.92 Å². The van der Waals surface area contributed by atoms with Gasteiger partial charge in [-0.05, 0) is 50.3 Å². The maximum Gasteiger partial charge on any atom is 0.416 e. The summed E-state index contributed by atoms with van der Waals surface area (Å²) in [7, 11) is 0. The van der Waals surface area contributed by atoms with Crippen molar-refractivity contribution in [3.05, 3.63) is 35.4 Å². The lowest BCUT2D eigenvalue weighted by Crippen LogP contribution is -2.42. The van der Waals surface area contributed by atoms with Crippen molar-refractivity contribution < 1.29 is 18.0 Å². The largest absolute Gasteiger partial charge is 0.416 e. The molecule has 0 radical (unpaired) electrons. The molecule has 3 atom stereocenters. The Hall–Kier alpha value is -1.56. The highest BCUT2D eigenvalue weighted by Crippen LogP contribution is 2.31. The van der Waals surface area contributed by atoms with Crippen LogP contribution in [0, 0.1) is 5.92 Å². The molecular formula is C18H25F3N2O. The van der Waals surface area contributed by atoms with E-state index in [1.807, 2.05) is 6.92 Å². The lowest BCUT2D eigenvalue weighted by molar-refractivity contribution is -0.137. The molecule has 2 rings (SSSR count). The first-order chi connectivity index (χ1) is 11.3. The summed E-state index contributed by atoms with van der Waals surface area (Å²) in [6, 6.07) is 5.76. The Bertz CT molecular complexity index is 559. The number of alkyl halides is 3. The van der Waals surface area contributed by atoms with Crippen molar-refractivity contribution in [3.8, 4) is 0 Å². The van der Waals surface area contributed by atoms with E-state index in [0.29, 0.717) is 24.6 Å². The Morgan fingerprint density at radius 1 is 1.42 bits per heavy atom. The molecule has 0 aromatic heterocycles. The van der Waals surface area contributed by atoms with Gasteiger partial charge >= 0.3 is 6.18 Å². The minimum absolute atomic E-state index is 0.0325. The average molecular weight is 342 g/mol. The van der Waals surface area contributed by atoms with Gasteiger partial charge in [-0.1, -0.05) is 25.1 Å². The van der Waals surface area contributed by atoms with Crippen LogP contribution in [0.1, 0.15) is 50.2 Å². The number of hydrogen-bond donors (Lipinski definition) is 2. The summed E-state index contributed by atoms with van der Waals surface area (Å²) in [4.78, 5) is 12.2. The number of carbonyl (C=O) groups is 1. The third-order valence-corrected chi connectivity index (χ3v) is 4.65. The smallest absolute Gasteiger partial charge is 0.356 e. The molecule has 1 aliphatic rings. The maximum absolute atomic E-state index is 12.8. The van der Waals surface area contributed by atoms with Gasteiger partial charge in [-0.3, -0.25) is 4.79 Å². The minimum Gasteiger partial charge on any atom is -0.356 e. The van der Waals surface area contributed by atoms with E-state index in [1.54, 1.807) is 6.07 Å². The zero-order chi connectivity index (χ0) is 17.7. The monoisotopic (exact) mass is 342 g/mol. The summed E-state index contributed by atoms with van der Waals surface area (Å²) in [5.41, 5.74) is 0.0224. The minimum atomic E-state index is -4.32. The van der Waals surface area contributed by atoms with Crippen molar-refractivity contribution in [1.29, 1.82) is 0 Å². The number of amides is 1. The van der Waals surface area contributed by atoms with Crippen LogP contribution in [0.5, 0.6) is 0 Å². The van der Waals surface area contributed by atoms with E-state index >= 15 is 0 Å². The Morgan fingerprint density at radius 2 is 2.17 bits per heavy atom. The van der Waals surface area contributed by atoms with Crippen molar-refractivity contribution >= 4 is 5.91 Å². The highest BCUT2D eigenvalue weighted by atomic mass is 19.4. The van der Waals surface area contributed by atoms with E-state index in [9.17, 15) is 18.0 Å². The molecule has 6 heteroatoms. The molecule has 24 heavy (non-hydrogen) atoms. The zero-order valence-electron chi connectivity index (χ0n) is 14.1.